The molecule has 3 heteroatoms. The molecule has 0 aliphatic carbocycles. The van der Waals surface area contributed by atoms with Crippen LogP contribution in [-0.4, -0.2) is 6.54 Å². The van der Waals surface area contributed by atoms with Gasteiger partial charge >= 0.3 is 0 Å². The fourth-order valence-corrected chi connectivity index (χ4v) is 2.68. The van der Waals surface area contributed by atoms with Crippen molar-refractivity contribution in [3.63, 3.8) is 0 Å². The second-order valence-corrected chi connectivity index (χ2v) is 5.05. The lowest BCUT2D eigenvalue weighted by Crippen LogP contribution is -2.11. The van der Waals surface area contributed by atoms with Crippen LogP contribution in [0.4, 0.5) is 0 Å². The van der Waals surface area contributed by atoms with Gasteiger partial charge in [0, 0.05) is 11.4 Å². The lowest BCUT2D eigenvalue weighted by Gasteiger charge is -1.98. The summed E-state index contributed by atoms with van der Waals surface area (Å²) in [6, 6.07) is 2.18. The highest BCUT2D eigenvalue weighted by Gasteiger charge is 2.01. The molecule has 62 valence electrons. The molecule has 0 atom stereocenters. The molecule has 0 radical (unpaired) electrons. The van der Waals surface area contributed by atoms with Crippen LogP contribution in [0.15, 0.2) is 9.85 Å². The van der Waals surface area contributed by atoms with E-state index in [1.54, 1.807) is 11.3 Å². The molecule has 1 aromatic heterocycles. The van der Waals surface area contributed by atoms with E-state index >= 15 is 0 Å². The highest BCUT2D eigenvalue weighted by molar-refractivity contribution is 9.11. The van der Waals surface area contributed by atoms with Gasteiger partial charge in [-0.05, 0) is 41.0 Å². The van der Waals surface area contributed by atoms with Crippen LogP contribution in [0.5, 0.6) is 0 Å². The van der Waals surface area contributed by atoms with Crippen molar-refractivity contribution in [2.45, 2.75) is 20.4 Å². The van der Waals surface area contributed by atoms with Gasteiger partial charge in [-0.25, -0.2) is 0 Å². The Morgan fingerprint density at radius 2 is 2.36 bits per heavy atom. The SMILES string of the molecule is CCNCc1cc(Br)sc1C. The monoisotopic (exact) mass is 233 g/mol. The maximum absolute atomic E-state index is 3.47. The third-order valence-corrected chi connectivity index (χ3v) is 3.15. The molecule has 1 N–H and O–H groups in total. The zero-order valence-electron chi connectivity index (χ0n) is 6.78. The first kappa shape index (κ1) is 9.23. The Labute approximate surface area is 79.9 Å². The molecule has 1 aromatic rings. The largest absolute Gasteiger partial charge is 0.313 e. The van der Waals surface area contributed by atoms with E-state index in [1.807, 2.05) is 0 Å². The van der Waals surface area contributed by atoms with Crippen molar-refractivity contribution < 1.29 is 0 Å². The van der Waals surface area contributed by atoms with E-state index < -0.39 is 0 Å². The van der Waals surface area contributed by atoms with E-state index in [4.69, 9.17) is 0 Å². The van der Waals surface area contributed by atoms with E-state index in [0.717, 1.165) is 13.1 Å². The molecule has 0 spiro atoms. The molecule has 0 bridgehead atoms. The second-order valence-electron chi connectivity index (χ2n) is 2.41. The number of aryl methyl sites for hydroxylation is 1. The summed E-state index contributed by atoms with van der Waals surface area (Å²) >= 11 is 5.26. The first-order valence-electron chi connectivity index (χ1n) is 3.69. The Bertz CT molecular complexity index is 232. The summed E-state index contributed by atoms with van der Waals surface area (Å²) in [4.78, 5) is 1.40. The molecule has 1 nitrogen and oxygen atoms in total. The highest BCUT2D eigenvalue weighted by Crippen LogP contribution is 2.25. The van der Waals surface area contributed by atoms with Crippen molar-refractivity contribution in [1.29, 1.82) is 0 Å². The Kier molecular flexibility index (Phi) is 3.55. The predicted octanol–water partition coefficient (Wildman–Crippen LogP) is 2.93. The molecule has 0 saturated heterocycles. The third-order valence-electron chi connectivity index (χ3n) is 1.56. The topological polar surface area (TPSA) is 12.0 Å². The normalized spacial score (nSPS) is 10.5. The van der Waals surface area contributed by atoms with Crippen LogP contribution in [-0.2, 0) is 6.54 Å². The fourth-order valence-electron chi connectivity index (χ4n) is 0.915. The number of thiophene rings is 1. The van der Waals surface area contributed by atoms with Gasteiger partial charge in [0.05, 0.1) is 3.79 Å². The van der Waals surface area contributed by atoms with Crippen molar-refractivity contribution >= 4 is 27.3 Å². The summed E-state index contributed by atoms with van der Waals surface area (Å²) in [6.45, 7) is 6.30. The van der Waals surface area contributed by atoms with E-state index in [1.165, 1.54) is 14.2 Å². The van der Waals surface area contributed by atoms with Gasteiger partial charge in [0.2, 0.25) is 0 Å². The Balaban J connectivity index is 2.62. The van der Waals surface area contributed by atoms with E-state index in [-0.39, 0.29) is 0 Å². The van der Waals surface area contributed by atoms with Crippen LogP contribution in [0.25, 0.3) is 0 Å². The number of nitrogens with one attached hydrogen (secondary N) is 1. The molecule has 0 amide bonds. The van der Waals surface area contributed by atoms with Crippen LogP contribution in [0, 0.1) is 6.92 Å². The first-order valence-corrected chi connectivity index (χ1v) is 5.30. The smallest absolute Gasteiger partial charge is 0.0704 e. The van der Waals surface area contributed by atoms with Gasteiger partial charge in [0.25, 0.3) is 0 Å². The van der Waals surface area contributed by atoms with Gasteiger partial charge in [-0.3, -0.25) is 0 Å². The molecule has 0 aliphatic rings. The summed E-state index contributed by atoms with van der Waals surface area (Å²) in [6.07, 6.45) is 0. The summed E-state index contributed by atoms with van der Waals surface area (Å²) in [5.74, 6) is 0. The first-order chi connectivity index (χ1) is 5.24. The van der Waals surface area contributed by atoms with Gasteiger partial charge in [-0.15, -0.1) is 11.3 Å². The minimum Gasteiger partial charge on any atom is -0.313 e. The highest BCUT2D eigenvalue weighted by atomic mass is 79.9. The minimum atomic E-state index is 0.991. The van der Waals surface area contributed by atoms with Gasteiger partial charge in [-0.1, -0.05) is 6.92 Å². The summed E-state index contributed by atoms with van der Waals surface area (Å²) < 4.78 is 1.22. The van der Waals surface area contributed by atoms with Crippen molar-refractivity contribution in [3.05, 3.63) is 20.3 Å². The van der Waals surface area contributed by atoms with Gasteiger partial charge in [-0.2, -0.15) is 0 Å². The van der Waals surface area contributed by atoms with Crippen LogP contribution in [0.2, 0.25) is 0 Å². The summed E-state index contributed by atoms with van der Waals surface area (Å²) in [7, 11) is 0. The van der Waals surface area contributed by atoms with E-state index in [0.29, 0.717) is 0 Å². The average molecular weight is 234 g/mol. The van der Waals surface area contributed by atoms with Crippen LogP contribution < -0.4 is 5.32 Å². The maximum Gasteiger partial charge on any atom is 0.0704 e. The quantitative estimate of drug-likeness (QED) is 0.847. The predicted molar refractivity (Wildman–Crippen MR) is 54.1 cm³/mol. The van der Waals surface area contributed by atoms with Gasteiger partial charge in [0.1, 0.15) is 0 Å². The molecule has 0 aromatic carbocycles. The average Bonchev–Trinajstić information content (AvgIpc) is 2.26. The molecule has 1 rings (SSSR count). The van der Waals surface area contributed by atoms with E-state index in [2.05, 4.69) is 41.2 Å². The van der Waals surface area contributed by atoms with Crippen LogP contribution >= 0.6 is 27.3 Å². The van der Waals surface area contributed by atoms with Crippen molar-refractivity contribution in [2.75, 3.05) is 6.54 Å². The van der Waals surface area contributed by atoms with Crippen molar-refractivity contribution in [1.82, 2.24) is 5.32 Å². The molecule has 1 heterocycles. The molecule has 0 fully saturated rings. The Morgan fingerprint density at radius 3 is 2.82 bits per heavy atom. The zero-order chi connectivity index (χ0) is 8.27. The second kappa shape index (κ2) is 4.24. The standard InChI is InChI=1S/C8H12BrNS/c1-3-10-5-7-4-8(9)11-6(7)2/h4,10H,3,5H2,1-2H3. The van der Waals surface area contributed by atoms with Gasteiger partial charge in [0.15, 0.2) is 0 Å². The van der Waals surface area contributed by atoms with Crippen molar-refractivity contribution in [2.24, 2.45) is 0 Å². The molecule has 0 unspecified atom stereocenters. The van der Waals surface area contributed by atoms with Crippen molar-refractivity contribution in [3.8, 4) is 0 Å². The number of hydrogen-bond acceptors (Lipinski definition) is 2. The molecular weight excluding hydrogens is 222 g/mol. The Hall–Kier alpha value is 0.140. The molecule has 11 heavy (non-hydrogen) atoms. The lowest BCUT2D eigenvalue weighted by atomic mass is 10.3. The molecule has 0 saturated carbocycles. The Morgan fingerprint density at radius 1 is 1.64 bits per heavy atom. The summed E-state index contributed by atoms with van der Waals surface area (Å²) in [5, 5.41) is 3.30. The van der Waals surface area contributed by atoms with Crippen LogP contribution in [0.1, 0.15) is 17.4 Å². The number of hydrogen-bond donors (Lipinski definition) is 1. The fraction of sp³-hybridized carbons (Fsp3) is 0.500. The third kappa shape index (κ3) is 2.58. The molecular formula is C8H12BrNS. The van der Waals surface area contributed by atoms with E-state index in [9.17, 15) is 0 Å². The van der Waals surface area contributed by atoms with Crippen LogP contribution in [0.3, 0.4) is 0 Å². The van der Waals surface area contributed by atoms with Gasteiger partial charge < -0.3 is 5.32 Å². The number of rotatable bonds is 3. The maximum atomic E-state index is 3.47. The summed E-state index contributed by atoms with van der Waals surface area (Å²) in [5.41, 5.74) is 1.41. The minimum absolute atomic E-state index is 0.991. The number of halogens is 1. The lowest BCUT2D eigenvalue weighted by molar-refractivity contribution is 0.726. The molecule has 0 aliphatic heterocycles. The zero-order valence-corrected chi connectivity index (χ0v) is 9.18.